The Kier molecular flexibility index (Phi) is 3.76. The highest BCUT2D eigenvalue weighted by atomic mass is 19.1. The molecule has 3 nitrogen and oxygen atoms in total. The van der Waals surface area contributed by atoms with Crippen LogP contribution in [0.3, 0.4) is 0 Å². The summed E-state index contributed by atoms with van der Waals surface area (Å²) in [4.78, 5) is 13.9. The van der Waals surface area contributed by atoms with Crippen molar-refractivity contribution >= 4 is 6.09 Å². The van der Waals surface area contributed by atoms with Gasteiger partial charge in [0.1, 0.15) is 11.4 Å². The molecule has 1 aliphatic rings. The van der Waals surface area contributed by atoms with E-state index in [1.807, 2.05) is 33.8 Å². The van der Waals surface area contributed by atoms with E-state index in [2.05, 4.69) is 0 Å². The molecule has 0 bridgehead atoms. The summed E-state index contributed by atoms with van der Waals surface area (Å²) >= 11 is 0. The third kappa shape index (κ3) is 2.94. The average Bonchev–Trinajstić information content (AvgIpc) is 2.30. The molecule has 1 amide bonds. The van der Waals surface area contributed by atoms with Gasteiger partial charge in [0.05, 0.1) is 6.04 Å². The van der Waals surface area contributed by atoms with E-state index < -0.39 is 5.60 Å². The van der Waals surface area contributed by atoms with E-state index in [0.29, 0.717) is 12.1 Å². The lowest BCUT2D eigenvalue weighted by atomic mass is 9.92. The van der Waals surface area contributed by atoms with Gasteiger partial charge in [0.15, 0.2) is 0 Å². The maximum Gasteiger partial charge on any atom is 0.410 e. The zero-order chi connectivity index (χ0) is 15.1. The van der Waals surface area contributed by atoms with Crippen molar-refractivity contribution in [2.45, 2.75) is 52.7 Å². The summed E-state index contributed by atoms with van der Waals surface area (Å²) in [6, 6.07) is 3.27. The molecule has 0 unspecified atom stereocenters. The number of fused-ring (bicyclic) bond motifs is 1. The number of hydrogen-bond acceptors (Lipinski definition) is 2. The lowest BCUT2D eigenvalue weighted by Gasteiger charge is -2.36. The maximum atomic E-state index is 13.7. The number of benzene rings is 1. The SMILES string of the molecule is Cc1cc2c(cc1F)[C@@H](C)N(C(=O)OC(C)(C)C)CC2. The molecule has 0 aromatic heterocycles. The van der Waals surface area contributed by atoms with Crippen LogP contribution in [0.1, 0.15) is 50.4 Å². The molecule has 1 atom stereocenters. The van der Waals surface area contributed by atoms with Gasteiger partial charge in [0.2, 0.25) is 0 Å². The monoisotopic (exact) mass is 279 g/mol. The third-order valence-electron chi connectivity index (χ3n) is 3.59. The number of nitrogens with zero attached hydrogens (tertiary/aromatic N) is 1. The summed E-state index contributed by atoms with van der Waals surface area (Å²) in [5.74, 6) is -0.221. The molecule has 0 saturated carbocycles. The van der Waals surface area contributed by atoms with E-state index >= 15 is 0 Å². The molecule has 1 aromatic rings. The van der Waals surface area contributed by atoms with Gasteiger partial charge >= 0.3 is 6.09 Å². The lowest BCUT2D eigenvalue weighted by molar-refractivity contribution is 0.0159. The van der Waals surface area contributed by atoms with Crippen molar-refractivity contribution in [3.8, 4) is 0 Å². The average molecular weight is 279 g/mol. The Morgan fingerprint density at radius 2 is 2.05 bits per heavy atom. The summed E-state index contributed by atoms with van der Waals surface area (Å²) in [6.45, 7) is 9.81. The van der Waals surface area contributed by atoms with Crippen LogP contribution < -0.4 is 0 Å². The van der Waals surface area contributed by atoms with Gasteiger partial charge in [0.25, 0.3) is 0 Å². The molecule has 0 fully saturated rings. The molecule has 2 rings (SSSR count). The van der Waals surface area contributed by atoms with Crippen LogP contribution in [0, 0.1) is 12.7 Å². The van der Waals surface area contributed by atoms with E-state index in [-0.39, 0.29) is 18.0 Å². The molecule has 1 aliphatic heterocycles. The number of carbonyl (C=O) groups excluding carboxylic acids is 1. The molecule has 0 N–H and O–H groups in total. The second kappa shape index (κ2) is 5.08. The number of rotatable bonds is 0. The largest absolute Gasteiger partial charge is 0.444 e. The topological polar surface area (TPSA) is 29.5 Å². The minimum absolute atomic E-state index is 0.163. The standard InChI is InChI=1S/C16H22FNO2/c1-10-8-12-6-7-18(15(19)20-16(3,4)5)11(2)13(12)9-14(10)17/h8-9,11H,6-7H2,1-5H3/t11-/m1/s1. The van der Waals surface area contributed by atoms with E-state index in [4.69, 9.17) is 4.74 Å². The molecule has 20 heavy (non-hydrogen) atoms. The Morgan fingerprint density at radius 1 is 1.40 bits per heavy atom. The molecule has 110 valence electrons. The second-order valence-electron chi connectivity index (χ2n) is 6.40. The molecule has 1 heterocycles. The Balaban J connectivity index is 2.25. The number of halogens is 1. The van der Waals surface area contributed by atoms with Crippen molar-refractivity contribution in [2.24, 2.45) is 0 Å². The number of aryl methyl sites for hydroxylation is 1. The second-order valence-corrected chi connectivity index (χ2v) is 6.40. The molecule has 1 aromatic carbocycles. The van der Waals surface area contributed by atoms with Crippen molar-refractivity contribution in [1.82, 2.24) is 4.90 Å². The van der Waals surface area contributed by atoms with Crippen molar-refractivity contribution in [2.75, 3.05) is 6.54 Å². The summed E-state index contributed by atoms with van der Waals surface area (Å²) < 4.78 is 19.2. The Hall–Kier alpha value is -1.58. The number of hydrogen-bond donors (Lipinski definition) is 0. The third-order valence-corrected chi connectivity index (χ3v) is 3.59. The fraction of sp³-hybridized carbons (Fsp3) is 0.562. The maximum absolute atomic E-state index is 13.7. The Bertz CT molecular complexity index is 534. The Labute approximate surface area is 119 Å². The van der Waals surface area contributed by atoms with Gasteiger partial charge in [-0.05, 0) is 63.8 Å². The minimum Gasteiger partial charge on any atom is -0.444 e. The summed E-state index contributed by atoms with van der Waals surface area (Å²) in [5.41, 5.74) is 2.14. The molecule has 0 aliphatic carbocycles. The lowest BCUT2D eigenvalue weighted by Crippen LogP contribution is -2.42. The predicted molar refractivity (Wildman–Crippen MR) is 76.2 cm³/mol. The van der Waals surface area contributed by atoms with Crippen LogP contribution >= 0.6 is 0 Å². The minimum atomic E-state index is -0.518. The van der Waals surface area contributed by atoms with Crippen LogP contribution in [-0.2, 0) is 11.2 Å². The number of amides is 1. The number of ether oxygens (including phenoxy) is 1. The quantitative estimate of drug-likeness (QED) is 0.718. The predicted octanol–water partition coefficient (Wildman–Crippen LogP) is 3.99. The first-order valence-electron chi connectivity index (χ1n) is 6.97. The van der Waals surface area contributed by atoms with Gasteiger partial charge in [-0.1, -0.05) is 6.07 Å². The van der Waals surface area contributed by atoms with Gasteiger partial charge in [-0.25, -0.2) is 9.18 Å². The van der Waals surface area contributed by atoms with Gasteiger partial charge in [0, 0.05) is 6.54 Å². The molecule has 4 heteroatoms. The molecule has 0 spiro atoms. The van der Waals surface area contributed by atoms with Crippen LogP contribution in [-0.4, -0.2) is 23.1 Å². The molecule has 0 radical (unpaired) electrons. The summed E-state index contributed by atoms with van der Waals surface area (Å²) in [6.07, 6.45) is 0.400. The van der Waals surface area contributed by atoms with E-state index in [0.717, 1.165) is 17.5 Å². The van der Waals surface area contributed by atoms with Crippen LogP contribution in [0.5, 0.6) is 0 Å². The zero-order valence-corrected chi connectivity index (χ0v) is 12.8. The highest BCUT2D eigenvalue weighted by Crippen LogP contribution is 2.32. The van der Waals surface area contributed by atoms with Crippen molar-refractivity contribution < 1.29 is 13.9 Å². The molecular formula is C16H22FNO2. The van der Waals surface area contributed by atoms with Gasteiger partial charge in [-0.15, -0.1) is 0 Å². The number of carbonyl (C=O) groups is 1. The van der Waals surface area contributed by atoms with E-state index in [9.17, 15) is 9.18 Å². The highest BCUT2D eigenvalue weighted by molar-refractivity contribution is 5.69. The van der Waals surface area contributed by atoms with Crippen molar-refractivity contribution in [1.29, 1.82) is 0 Å². The van der Waals surface area contributed by atoms with Crippen molar-refractivity contribution in [3.63, 3.8) is 0 Å². The Morgan fingerprint density at radius 3 is 2.65 bits per heavy atom. The first-order chi connectivity index (χ1) is 9.19. The van der Waals surface area contributed by atoms with Crippen molar-refractivity contribution in [3.05, 3.63) is 34.6 Å². The van der Waals surface area contributed by atoms with Crippen LogP contribution in [0.4, 0.5) is 9.18 Å². The van der Waals surface area contributed by atoms with Crippen LogP contribution in [0.2, 0.25) is 0 Å². The first kappa shape index (κ1) is 14.8. The van der Waals surface area contributed by atoms with Gasteiger partial charge < -0.3 is 9.64 Å². The zero-order valence-electron chi connectivity index (χ0n) is 12.8. The van der Waals surface area contributed by atoms with Gasteiger partial charge in [-0.2, -0.15) is 0 Å². The normalized spacial score (nSPS) is 18.7. The first-order valence-corrected chi connectivity index (χ1v) is 6.97. The smallest absolute Gasteiger partial charge is 0.410 e. The fourth-order valence-electron chi connectivity index (χ4n) is 2.53. The highest BCUT2D eigenvalue weighted by Gasteiger charge is 2.31. The van der Waals surface area contributed by atoms with Gasteiger partial charge in [-0.3, -0.25) is 0 Å². The summed E-state index contributed by atoms with van der Waals surface area (Å²) in [5, 5.41) is 0. The molecule has 0 saturated heterocycles. The van der Waals surface area contributed by atoms with Crippen LogP contribution in [0.25, 0.3) is 0 Å². The van der Waals surface area contributed by atoms with Crippen LogP contribution in [0.15, 0.2) is 12.1 Å². The summed E-state index contributed by atoms with van der Waals surface area (Å²) in [7, 11) is 0. The fourth-order valence-corrected chi connectivity index (χ4v) is 2.53. The van der Waals surface area contributed by atoms with E-state index in [1.165, 1.54) is 0 Å². The van der Waals surface area contributed by atoms with E-state index in [1.54, 1.807) is 17.9 Å². The molecular weight excluding hydrogens is 257 g/mol.